The molecule has 1 aliphatic heterocycles. The lowest BCUT2D eigenvalue weighted by Gasteiger charge is -2.20. The molecule has 0 fully saturated rings. The molecule has 0 atom stereocenters. The number of thioether (sulfide) groups is 1. The Kier molecular flexibility index (Phi) is 13.2. The number of hydrogen-bond acceptors (Lipinski definition) is 8. The van der Waals surface area contributed by atoms with E-state index in [9.17, 15) is 15.8 Å². The monoisotopic (exact) mass is 626 g/mol. The number of ether oxygens (including phenoxy) is 2. The van der Waals surface area contributed by atoms with Crippen LogP contribution in [-0.2, 0) is 0 Å². The molecule has 0 unspecified atom stereocenters. The summed E-state index contributed by atoms with van der Waals surface area (Å²) in [6, 6.07) is 14.7. The van der Waals surface area contributed by atoms with Gasteiger partial charge in [0.25, 0.3) is 0 Å². The first-order valence-corrected chi connectivity index (χ1v) is 16.9. The van der Waals surface area contributed by atoms with Gasteiger partial charge in [0.1, 0.15) is 23.8 Å². The summed E-state index contributed by atoms with van der Waals surface area (Å²) in [5, 5.41) is 29.0. The second-order valence-electron chi connectivity index (χ2n) is 10.8. The van der Waals surface area contributed by atoms with Crippen LogP contribution in [0.4, 0.5) is 5.69 Å². The normalized spacial score (nSPS) is 14.1. The van der Waals surface area contributed by atoms with Crippen LogP contribution < -0.4 is 14.4 Å². The fourth-order valence-electron chi connectivity index (χ4n) is 4.76. The van der Waals surface area contributed by atoms with Crippen molar-refractivity contribution < 1.29 is 9.47 Å². The van der Waals surface area contributed by atoms with E-state index in [1.807, 2.05) is 38.1 Å². The molecule has 44 heavy (non-hydrogen) atoms. The van der Waals surface area contributed by atoms with Gasteiger partial charge in [-0.05, 0) is 76.0 Å². The Bertz CT molecular complexity index is 1520. The third-order valence-electron chi connectivity index (χ3n) is 7.28. The number of nitrogens with zero attached hydrogens (tertiary/aromatic N) is 4. The van der Waals surface area contributed by atoms with Crippen LogP contribution in [0.5, 0.6) is 11.5 Å². The summed E-state index contributed by atoms with van der Waals surface area (Å²) in [6.07, 6.45) is 12.0. The maximum absolute atomic E-state index is 10.0. The van der Waals surface area contributed by atoms with Crippen LogP contribution in [0.1, 0.15) is 82.5 Å². The Labute approximate surface area is 271 Å². The van der Waals surface area contributed by atoms with Crippen molar-refractivity contribution in [1.82, 2.24) is 0 Å². The van der Waals surface area contributed by atoms with Gasteiger partial charge in [0.05, 0.1) is 33.4 Å². The van der Waals surface area contributed by atoms with Gasteiger partial charge < -0.3 is 14.4 Å². The average molecular weight is 627 g/mol. The third kappa shape index (κ3) is 8.38. The smallest absolute Gasteiger partial charge is 0.179 e. The number of thiophene rings is 1. The topological polar surface area (TPSA) is 93.1 Å². The van der Waals surface area contributed by atoms with Gasteiger partial charge in [-0.3, -0.25) is 0 Å². The molecule has 1 aromatic heterocycles. The highest BCUT2D eigenvalue weighted by Crippen LogP contribution is 2.52. The van der Waals surface area contributed by atoms with E-state index < -0.39 is 4.75 Å². The highest BCUT2D eigenvalue weighted by atomic mass is 32.2. The van der Waals surface area contributed by atoms with Crippen LogP contribution in [-0.4, -0.2) is 31.1 Å². The lowest BCUT2D eigenvalue weighted by atomic mass is 9.95. The lowest BCUT2D eigenvalue weighted by molar-refractivity contribution is 0.263. The summed E-state index contributed by atoms with van der Waals surface area (Å²) in [4.78, 5) is 4.62. The Morgan fingerprint density at radius 1 is 0.818 bits per heavy atom. The third-order valence-corrected chi connectivity index (χ3v) is 9.70. The number of benzene rings is 1. The molecule has 0 N–H and O–H groups in total. The van der Waals surface area contributed by atoms with Gasteiger partial charge in [0, 0.05) is 23.5 Å². The number of hydrogen-bond donors (Lipinski definition) is 0. The molecule has 6 nitrogen and oxygen atoms in total. The van der Waals surface area contributed by atoms with E-state index in [0.717, 1.165) is 65.4 Å². The van der Waals surface area contributed by atoms with Crippen LogP contribution in [0, 0.1) is 34.0 Å². The largest absolute Gasteiger partial charge is 0.488 e. The number of unbranched alkanes of at least 4 members (excludes halogenated alkanes) is 2. The zero-order valence-electron chi connectivity index (χ0n) is 26.7. The van der Waals surface area contributed by atoms with E-state index in [2.05, 4.69) is 75.1 Å². The molecule has 0 aliphatic carbocycles. The number of nitriles is 3. The van der Waals surface area contributed by atoms with Crippen LogP contribution in [0.2, 0.25) is 0 Å². The number of allylic oxidation sites excluding steroid dienone is 3. The van der Waals surface area contributed by atoms with Gasteiger partial charge in [-0.25, -0.2) is 0 Å². The molecule has 0 amide bonds. The minimum Gasteiger partial charge on any atom is -0.488 e. The molecular weight excluding hydrogens is 585 g/mol. The summed E-state index contributed by atoms with van der Waals surface area (Å²) in [5.74, 6) is 1.45. The van der Waals surface area contributed by atoms with Crippen molar-refractivity contribution in [2.45, 2.75) is 72.0 Å². The molecular formula is C36H42N4O2S2. The van der Waals surface area contributed by atoms with Crippen molar-refractivity contribution in [3.63, 3.8) is 0 Å². The van der Waals surface area contributed by atoms with Gasteiger partial charge in [-0.15, -0.1) is 23.1 Å². The lowest BCUT2D eigenvalue weighted by Crippen LogP contribution is -2.21. The Hall–Kier alpha value is -3.90. The standard InChI is InChI=1S/C36H42N4O2S2/c1-7-11-21-41-33-31(19-15-26-13-16-28(17-14-26)40(9-3)10-4)43-32(34(33)42-22-12-8-2)20-18-30-29(25-39)35(27(23-37)24-38)44-36(30,5)6/h13-20H,7-12,21-22H2,1-6H3/b19-15+,20-18+. The maximum Gasteiger partial charge on any atom is 0.179 e. The van der Waals surface area contributed by atoms with Crippen molar-refractivity contribution in [1.29, 1.82) is 15.8 Å². The van der Waals surface area contributed by atoms with Gasteiger partial charge in [0.2, 0.25) is 0 Å². The SMILES string of the molecule is CCCCOc1c(/C=C/C2=C(C#N)C(=C(C#N)C#N)SC2(C)C)sc(/C=C/c2ccc(N(CC)CC)cc2)c1OCCCC. The summed E-state index contributed by atoms with van der Waals surface area (Å²) < 4.78 is 12.2. The Morgan fingerprint density at radius 2 is 1.36 bits per heavy atom. The molecule has 1 aliphatic rings. The summed E-state index contributed by atoms with van der Waals surface area (Å²) >= 11 is 2.96. The summed E-state index contributed by atoms with van der Waals surface area (Å²) in [6.45, 7) is 15.7. The van der Waals surface area contributed by atoms with Crippen molar-refractivity contribution in [2.24, 2.45) is 0 Å². The molecule has 0 bridgehead atoms. The second-order valence-corrected chi connectivity index (χ2v) is 13.5. The molecule has 8 heteroatoms. The van der Waals surface area contributed by atoms with Crippen molar-refractivity contribution in [3.8, 4) is 29.7 Å². The molecule has 0 spiro atoms. The van der Waals surface area contributed by atoms with E-state index in [4.69, 9.17) is 9.47 Å². The first-order chi connectivity index (χ1) is 21.3. The van der Waals surface area contributed by atoms with Gasteiger partial charge in [-0.2, -0.15) is 15.8 Å². The van der Waals surface area contributed by atoms with E-state index in [1.54, 1.807) is 11.3 Å². The summed E-state index contributed by atoms with van der Waals surface area (Å²) in [7, 11) is 0. The van der Waals surface area contributed by atoms with Crippen LogP contribution in [0.25, 0.3) is 18.2 Å². The van der Waals surface area contributed by atoms with Gasteiger partial charge in [-0.1, -0.05) is 51.0 Å². The fourth-order valence-corrected chi connectivity index (χ4v) is 7.00. The minimum atomic E-state index is -0.489. The van der Waals surface area contributed by atoms with Crippen molar-refractivity contribution in [2.75, 3.05) is 31.2 Å². The van der Waals surface area contributed by atoms with E-state index in [0.29, 0.717) is 29.4 Å². The van der Waals surface area contributed by atoms with E-state index in [-0.39, 0.29) is 5.57 Å². The molecule has 3 rings (SSSR count). The Morgan fingerprint density at radius 3 is 1.84 bits per heavy atom. The highest BCUT2D eigenvalue weighted by Gasteiger charge is 2.37. The Balaban J connectivity index is 2.10. The van der Waals surface area contributed by atoms with Gasteiger partial charge >= 0.3 is 0 Å². The first kappa shape index (κ1) is 34.6. The quantitative estimate of drug-likeness (QED) is 0.143. The average Bonchev–Trinajstić information content (AvgIpc) is 3.48. The predicted octanol–water partition coefficient (Wildman–Crippen LogP) is 9.78. The van der Waals surface area contributed by atoms with Gasteiger partial charge in [0.15, 0.2) is 11.5 Å². The van der Waals surface area contributed by atoms with Crippen LogP contribution in [0.15, 0.2) is 52.0 Å². The number of rotatable bonds is 15. The van der Waals surface area contributed by atoms with Crippen molar-refractivity contribution in [3.05, 3.63) is 67.3 Å². The molecule has 2 aromatic rings. The van der Waals surface area contributed by atoms with Crippen LogP contribution in [0.3, 0.4) is 0 Å². The minimum absolute atomic E-state index is 0.0353. The van der Waals surface area contributed by atoms with E-state index in [1.165, 1.54) is 17.4 Å². The molecule has 2 heterocycles. The molecule has 0 saturated carbocycles. The number of anilines is 1. The molecule has 0 radical (unpaired) electrons. The molecule has 0 saturated heterocycles. The second kappa shape index (κ2) is 16.8. The van der Waals surface area contributed by atoms with Crippen molar-refractivity contribution >= 4 is 47.0 Å². The molecule has 1 aromatic carbocycles. The fraction of sp³-hybridized carbons (Fsp3) is 0.417. The van der Waals surface area contributed by atoms with Crippen LogP contribution >= 0.6 is 23.1 Å². The predicted molar refractivity (Wildman–Crippen MR) is 186 cm³/mol. The summed E-state index contributed by atoms with van der Waals surface area (Å²) in [5.41, 5.74) is 3.41. The molecule has 230 valence electrons. The maximum atomic E-state index is 10.0. The van der Waals surface area contributed by atoms with E-state index >= 15 is 0 Å². The zero-order chi connectivity index (χ0) is 32.1. The zero-order valence-corrected chi connectivity index (χ0v) is 28.3. The highest BCUT2D eigenvalue weighted by molar-refractivity contribution is 8.05. The first-order valence-electron chi connectivity index (χ1n) is 15.3.